The molecule has 0 amide bonds. The molecule has 4 nitrogen and oxygen atoms in total. The monoisotopic (exact) mass is 428 g/mol. The second-order valence-electron chi connectivity index (χ2n) is 8.75. The Hall–Kier alpha value is -2.04. The highest BCUT2D eigenvalue weighted by Crippen LogP contribution is 2.34. The zero-order valence-corrected chi connectivity index (χ0v) is 21.1. The highest BCUT2D eigenvalue weighted by Gasteiger charge is 2.17. The standard InChI is InChI=1S/C27H40O4/c1-16-11-24(20(5)22(7)26(16)30-14-18(3)28-9)13-25-12-17(2)27(23(8)21(25)6)31-15-19(4)29-10/h11-12,18-19H,13-15H2,1-10H3. The van der Waals surface area contributed by atoms with E-state index in [9.17, 15) is 0 Å². The first-order valence-corrected chi connectivity index (χ1v) is 11.1. The van der Waals surface area contributed by atoms with Crippen molar-refractivity contribution in [2.75, 3.05) is 27.4 Å². The van der Waals surface area contributed by atoms with Crippen LogP contribution in [0.4, 0.5) is 0 Å². The molecular formula is C27H40O4. The Morgan fingerprint density at radius 3 is 1.29 bits per heavy atom. The van der Waals surface area contributed by atoms with Crippen LogP contribution in [-0.2, 0) is 15.9 Å². The number of hydrogen-bond acceptors (Lipinski definition) is 4. The normalized spacial score (nSPS) is 13.2. The van der Waals surface area contributed by atoms with E-state index < -0.39 is 0 Å². The summed E-state index contributed by atoms with van der Waals surface area (Å²) in [6, 6.07) is 4.54. The van der Waals surface area contributed by atoms with Crippen molar-refractivity contribution >= 4 is 0 Å². The average Bonchev–Trinajstić information content (AvgIpc) is 2.74. The van der Waals surface area contributed by atoms with Gasteiger partial charge in [-0.15, -0.1) is 0 Å². The fourth-order valence-corrected chi connectivity index (χ4v) is 3.84. The predicted molar refractivity (Wildman–Crippen MR) is 128 cm³/mol. The van der Waals surface area contributed by atoms with Crippen LogP contribution in [0.2, 0.25) is 0 Å². The number of benzene rings is 2. The summed E-state index contributed by atoms with van der Waals surface area (Å²) in [6.45, 7) is 18.1. The molecule has 0 saturated heterocycles. The van der Waals surface area contributed by atoms with Gasteiger partial charge in [-0.25, -0.2) is 0 Å². The molecular weight excluding hydrogens is 388 g/mol. The topological polar surface area (TPSA) is 36.9 Å². The molecule has 31 heavy (non-hydrogen) atoms. The number of aryl methyl sites for hydroxylation is 2. The fraction of sp³-hybridized carbons (Fsp3) is 0.556. The molecule has 0 aromatic heterocycles. The molecule has 0 N–H and O–H groups in total. The predicted octanol–water partition coefficient (Wildman–Crippen LogP) is 5.96. The van der Waals surface area contributed by atoms with Gasteiger partial charge < -0.3 is 18.9 Å². The molecule has 2 aromatic rings. The van der Waals surface area contributed by atoms with Crippen molar-refractivity contribution in [2.45, 2.75) is 74.0 Å². The van der Waals surface area contributed by atoms with Crippen LogP contribution in [-0.4, -0.2) is 39.6 Å². The van der Waals surface area contributed by atoms with E-state index in [4.69, 9.17) is 18.9 Å². The second-order valence-corrected chi connectivity index (χ2v) is 8.75. The molecule has 0 aliphatic rings. The fourth-order valence-electron chi connectivity index (χ4n) is 3.84. The van der Waals surface area contributed by atoms with Gasteiger partial charge in [0.05, 0.1) is 12.2 Å². The van der Waals surface area contributed by atoms with Gasteiger partial charge in [0, 0.05) is 14.2 Å². The van der Waals surface area contributed by atoms with Crippen LogP contribution in [0.1, 0.15) is 58.4 Å². The van der Waals surface area contributed by atoms with Crippen molar-refractivity contribution in [1.29, 1.82) is 0 Å². The van der Waals surface area contributed by atoms with E-state index in [2.05, 4.69) is 53.7 Å². The first-order chi connectivity index (χ1) is 14.6. The zero-order valence-electron chi connectivity index (χ0n) is 21.1. The summed E-state index contributed by atoms with van der Waals surface area (Å²) in [5.74, 6) is 1.95. The van der Waals surface area contributed by atoms with E-state index in [0.29, 0.717) is 13.2 Å². The van der Waals surface area contributed by atoms with Gasteiger partial charge in [0.15, 0.2) is 0 Å². The average molecular weight is 429 g/mol. The summed E-state index contributed by atoms with van der Waals surface area (Å²) in [7, 11) is 3.42. The number of hydrogen-bond donors (Lipinski definition) is 0. The highest BCUT2D eigenvalue weighted by atomic mass is 16.5. The van der Waals surface area contributed by atoms with Gasteiger partial charge in [-0.05, 0) is 106 Å². The molecule has 2 rings (SSSR count). The summed E-state index contributed by atoms with van der Waals surface area (Å²) in [4.78, 5) is 0. The van der Waals surface area contributed by atoms with Crippen LogP contribution in [0.25, 0.3) is 0 Å². The quantitative estimate of drug-likeness (QED) is 0.468. The SMILES string of the molecule is COC(C)COc1c(C)cc(Cc2cc(C)c(OCC(C)OC)c(C)c2C)c(C)c1C. The minimum Gasteiger partial charge on any atom is -0.490 e. The lowest BCUT2D eigenvalue weighted by molar-refractivity contribution is 0.0711. The number of rotatable bonds is 10. The Morgan fingerprint density at radius 1 is 0.613 bits per heavy atom. The van der Waals surface area contributed by atoms with Crippen LogP contribution < -0.4 is 9.47 Å². The Kier molecular flexibility index (Phi) is 8.96. The van der Waals surface area contributed by atoms with Crippen LogP contribution in [0.5, 0.6) is 11.5 Å². The van der Waals surface area contributed by atoms with E-state index in [0.717, 1.165) is 17.9 Å². The van der Waals surface area contributed by atoms with E-state index in [-0.39, 0.29) is 12.2 Å². The third-order valence-corrected chi connectivity index (χ3v) is 6.38. The Labute approximate surface area is 188 Å². The van der Waals surface area contributed by atoms with Crippen molar-refractivity contribution in [3.8, 4) is 11.5 Å². The van der Waals surface area contributed by atoms with Gasteiger partial charge in [-0.2, -0.15) is 0 Å². The molecule has 0 saturated carbocycles. The lowest BCUT2D eigenvalue weighted by Crippen LogP contribution is -2.17. The van der Waals surface area contributed by atoms with Crippen molar-refractivity contribution in [3.05, 3.63) is 56.6 Å². The third kappa shape index (κ3) is 6.02. The molecule has 4 heteroatoms. The lowest BCUT2D eigenvalue weighted by atomic mass is 9.90. The van der Waals surface area contributed by atoms with E-state index in [1.54, 1.807) is 14.2 Å². The van der Waals surface area contributed by atoms with E-state index in [1.165, 1.54) is 44.5 Å². The van der Waals surface area contributed by atoms with Crippen LogP contribution in [0.15, 0.2) is 12.1 Å². The zero-order chi connectivity index (χ0) is 23.3. The maximum absolute atomic E-state index is 6.09. The van der Waals surface area contributed by atoms with Gasteiger partial charge in [-0.1, -0.05) is 12.1 Å². The summed E-state index contributed by atoms with van der Waals surface area (Å²) in [5, 5.41) is 0. The second kappa shape index (κ2) is 11.0. The lowest BCUT2D eigenvalue weighted by Gasteiger charge is -2.21. The summed E-state index contributed by atoms with van der Waals surface area (Å²) in [5.41, 5.74) is 10.00. The molecule has 0 heterocycles. The van der Waals surface area contributed by atoms with Crippen LogP contribution in [0, 0.1) is 41.5 Å². The minimum absolute atomic E-state index is 0.0694. The van der Waals surface area contributed by atoms with Crippen molar-refractivity contribution in [1.82, 2.24) is 0 Å². The first kappa shape index (κ1) is 25.2. The molecule has 0 fully saturated rings. The maximum Gasteiger partial charge on any atom is 0.125 e. The molecule has 2 aromatic carbocycles. The Bertz CT molecular complexity index is 828. The summed E-state index contributed by atoms with van der Waals surface area (Å²) >= 11 is 0. The Balaban J connectivity index is 2.32. The van der Waals surface area contributed by atoms with Gasteiger partial charge in [-0.3, -0.25) is 0 Å². The van der Waals surface area contributed by atoms with Crippen molar-refractivity contribution in [2.24, 2.45) is 0 Å². The van der Waals surface area contributed by atoms with Crippen molar-refractivity contribution in [3.63, 3.8) is 0 Å². The van der Waals surface area contributed by atoms with Crippen molar-refractivity contribution < 1.29 is 18.9 Å². The Morgan fingerprint density at radius 2 is 0.968 bits per heavy atom. The molecule has 0 spiro atoms. The van der Waals surface area contributed by atoms with Gasteiger partial charge in [0.25, 0.3) is 0 Å². The molecule has 2 atom stereocenters. The minimum atomic E-state index is 0.0694. The molecule has 0 radical (unpaired) electrons. The molecule has 2 unspecified atom stereocenters. The molecule has 0 aliphatic carbocycles. The largest absolute Gasteiger partial charge is 0.490 e. The summed E-state index contributed by atoms with van der Waals surface area (Å²) < 4.78 is 22.8. The number of methoxy groups -OCH3 is 2. The molecule has 172 valence electrons. The first-order valence-electron chi connectivity index (χ1n) is 11.1. The smallest absolute Gasteiger partial charge is 0.125 e. The van der Waals surface area contributed by atoms with Crippen LogP contribution >= 0.6 is 0 Å². The third-order valence-electron chi connectivity index (χ3n) is 6.38. The van der Waals surface area contributed by atoms with Gasteiger partial charge >= 0.3 is 0 Å². The van der Waals surface area contributed by atoms with E-state index in [1.807, 2.05) is 13.8 Å². The molecule has 0 bridgehead atoms. The van der Waals surface area contributed by atoms with Crippen LogP contribution in [0.3, 0.4) is 0 Å². The highest BCUT2D eigenvalue weighted by molar-refractivity contribution is 5.54. The van der Waals surface area contributed by atoms with Gasteiger partial charge in [0.2, 0.25) is 0 Å². The van der Waals surface area contributed by atoms with E-state index >= 15 is 0 Å². The number of ether oxygens (including phenoxy) is 4. The maximum atomic E-state index is 6.09. The summed E-state index contributed by atoms with van der Waals surface area (Å²) in [6.07, 6.45) is 1.03. The van der Waals surface area contributed by atoms with Gasteiger partial charge in [0.1, 0.15) is 24.7 Å². The molecule has 0 aliphatic heterocycles.